The highest BCUT2D eigenvalue weighted by atomic mass is 16.5. The first-order valence-electron chi connectivity index (χ1n) is 9.16. The van der Waals surface area contributed by atoms with Crippen LogP contribution >= 0.6 is 0 Å². The lowest BCUT2D eigenvalue weighted by atomic mass is 9.90. The SMILES string of the molecule is NC1(C(=O)Nc2ccc(C(=O)N3CCCCCC3)cc2)CCOCC1. The van der Waals surface area contributed by atoms with Crippen molar-refractivity contribution in [3.8, 4) is 0 Å². The highest BCUT2D eigenvalue weighted by Gasteiger charge is 2.35. The zero-order chi connectivity index (χ0) is 17.7. The number of carbonyl (C=O) groups excluding carboxylic acids is 2. The van der Waals surface area contributed by atoms with Crippen molar-refractivity contribution in [3.05, 3.63) is 29.8 Å². The number of hydrogen-bond donors (Lipinski definition) is 2. The molecule has 0 spiro atoms. The number of carbonyl (C=O) groups is 2. The van der Waals surface area contributed by atoms with Crippen molar-refractivity contribution in [2.75, 3.05) is 31.6 Å². The molecule has 0 atom stereocenters. The minimum absolute atomic E-state index is 0.0690. The quantitative estimate of drug-likeness (QED) is 0.879. The second kappa shape index (κ2) is 7.97. The van der Waals surface area contributed by atoms with Crippen molar-refractivity contribution >= 4 is 17.5 Å². The van der Waals surface area contributed by atoms with Gasteiger partial charge in [-0.25, -0.2) is 0 Å². The van der Waals surface area contributed by atoms with Crippen LogP contribution in [0.1, 0.15) is 48.9 Å². The van der Waals surface area contributed by atoms with E-state index in [1.54, 1.807) is 24.3 Å². The first kappa shape index (κ1) is 17.9. The van der Waals surface area contributed by atoms with Crippen molar-refractivity contribution in [2.24, 2.45) is 5.73 Å². The Morgan fingerprint density at radius 1 is 1.00 bits per heavy atom. The van der Waals surface area contributed by atoms with E-state index in [2.05, 4.69) is 5.32 Å². The second-order valence-corrected chi connectivity index (χ2v) is 7.01. The number of rotatable bonds is 3. The summed E-state index contributed by atoms with van der Waals surface area (Å²) in [6.45, 7) is 2.67. The molecule has 2 fully saturated rings. The van der Waals surface area contributed by atoms with Crippen LogP contribution in [0.25, 0.3) is 0 Å². The third-order valence-corrected chi connectivity index (χ3v) is 5.12. The molecule has 0 unspecified atom stereocenters. The van der Waals surface area contributed by atoms with Gasteiger partial charge in [0.2, 0.25) is 5.91 Å². The van der Waals surface area contributed by atoms with Gasteiger partial charge >= 0.3 is 0 Å². The molecule has 2 aliphatic rings. The van der Waals surface area contributed by atoms with Gasteiger partial charge in [-0.2, -0.15) is 0 Å². The minimum atomic E-state index is -0.876. The summed E-state index contributed by atoms with van der Waals surface area (Å²) < 4.78 is 5.27. The molecule has 6 heteroatoms. The molecule has 2 heterocycles. The van der Waals surface area contributed by atoms with E-state index in [9.17, 15) is 9.59 Å². The normalized spacial score (nSPS) is 20.6. The second-order valence-electron chi connectivity index (χ2n) is 7.01. The van der Waals surface area contributed by atoms with Gasteiger partial charge in [-0.05, 0) is 49.9 Å². The van der Waals surface area contributed by atoms with Crippen LogP contribution in [0.2, 0.25) is 0 Å². The Morgan fingerprint density at radius 2 is 1.60 bits per heavy atom. The summed E-state index contributed by atoms with van der Waals surface area (Å²) >= 11 is 0. The molecule has 1 aromatic carbocycles. The van der Waals surface area contributed by atoms with Gasteiger partial charge in [0.15, 0.2) is 0 Å². The van der Waals surface area contributed by atoms with Crippen molar-refractivity contribution in [3.63, 3.8) is 0 Å². The molecule has 3 rings (SSSR count). The van der Waals surface area contributed by atoms with Gasteiger partial charge in [0, 0.05) is 37.6 Å². The highest BCUT2D eigenvalue weighted by molar-refractivity contribution is 5.99. The molecule has 3 N–H and O–H groups in total. The first-order valence-corrected chi connectivity index (χ1v) is 9.16. The van der Waals surface area contributed by atoms with E-state index >= 15 is 0 Å². The molecule has 0 bridgehead atoms. The lowest BCUT2D eigenvalue weighted by Crippen LogP contribution is -2.54. The third-order valence-electron chi connectivity index (χ3n) is 5.12. The van der Waals surface area contributed by atoms with Gasteiger partial charge in [0.1, 0.15) is 5.54 Å². The van der Waals surface area contributed by atoms with Gasteiger partial charge in [0.05, 0.1) is 0 Å². The molecular weight excluding hydrogens is 318 g/mol. The Bertz CT molecular complexity index is 601. The molecule has 0 saturated carbocycles. The molecule has 2 saturated heterocycles. The van der Waals surface area contributed by atoms with Crippen molar-refractivity contribution < 1.29 is 14.3 Å². The van der Waals surface area contributed by atoms with Crippen molar-refractivity contribution in [1.82, 2.24) is 4.90 Å². The standard InChI is InChI=1S/C19H27N3O3/c20-19(9-13-25-14-10-19)18(24)21-16-7-5-15(6-8-16)17(23)22-11-3-1-2-4-12-22/h5-8H,1-4,9-14,20H2,(H,21,24). The van der Waals surface area contributed by atoms with Crippen LogP contribution in [0.3, 0.4) is 0 Å². The molecule has 6 nitrogen and oxygen atoms in total. The maximum absolute atomic E-state index is 12.6. The van der Waals surface area contributed by atoms with E-state index in [0.717, 1.165) is 25.9 Å². The Balaban J connectivity index is 1.61. The van der Waals surface area contributed by atoms with Gasteiger partial charge < -0.3 is 20.7 Å². The van der Waals surface area contributed by atoms with E-state index in [1.807, 2.05) is 4.90 Å². The van der Waals surface area contributed by atoms with Crippen LogP contribution in [0.4, 0.5) is 5.69 Å². The van der Waals surface area contributed by atoms with Crippen LogP contribution in [-0.4, -0.2) is 48.6 Å². The lowest BCUT2D eigenvalue weighted by Gasteiger charge is -2.31. The Hall–Kier alpha value is -1.92. The molecule has 0 aliphatic carbocycles. The summed E-state index contributed by atoms with van der Waals surface area (Å²) in [4.78, 5) is 26.9. The monoisotopic (exact) mass is 345 g/mol. The van der Waals surface area contributed by atoms with Crippen LogP contribution < -0.4 is 11.1 Å². The fourth-order valence-electron chi connectivity index (χ4n) is 3.37. The van der Waals surface area contributed by atoms with Gasteiger partial charge in [-0.1, -0.05) is 12.8 Å². The largest absolute Gasteiger partial charge is 0.381 e. The maximum atomic E-state index is 12.6. The van der Waals surface area contributed by atoms with Crippen LogP contribution in [-0.2, 0) is 9.53 Å². The Kier molecular flexibility index (Phi) is 5.71. The van der Waals surface area contributed by atoms with Crippen molar-refractivity contribution in [2.45, 2.75) is 44.1 Å². The number of benzene rings is 1. The predicted molar refractivity (Wildman–Crippen MR) is 96.4 cm³/mol. The molecule has 136 valence electrons. The van der Waals surface area contributed by atoms with E-state index in [1.165, 1.54) is 12.8 Å². The summed E-state index contributed by atoms with van der Waals surface area (Å²) in [7, 11) is 0. The minimum Gasteiger partial charge on any atom is -0.381 e. The zero-order valence-corrected chi connectivity index (χ0v) is 14.6. The number of nitrogens with one attached hydrogen (secondary N) is 1. The third kappa shape index (κ3) is 4.38. The summed E-state index contributed by atoms with van der Waals surface area (Å²) in [5.74, 6) is -0.123. The number of nitrogens with two attached hydrogens (primary N) is 1. The fourth-order valence-corrected chi connectivity index (χ4v) is 3.37. The van der Waals surface area contributed by atoms with E-state index in [-0.39, 0.29) is 11.8 Å². The molecule has 25 heavy (non-hydrogen) atoms. The highest BCUT2D eigenvalue weighted by Crippen LogP contribution is 2.21. The Labute approximate surface area is 148 Å². The maximum Gasteiger partial charge on any atom is 0.253 e. The topological polar surface area (TPSA) is 84.7 Å². The Morgan fingerprint density at radius 3 is 2.20 bits per heavy atom. The average Bonchev–Trinajstić information content (AvgIpc) is 2.92. The van der Waals surface area contributed by atoms with Crippen molar-refractivity contribution in [1.29, 1.82) is 0 Å². The summed E-state index contributed by atoms with van der Waals surface area (Å²) in [6, 6.07) is 7.09. The van der Waals surface area contributed by atoms with E-state index in [4.69, 9.17) is 10.5 Å². The molecule has 0 radical (unpaired) electrons. The van der Waals surface area contributed by atoms with Gasteiger partial charge in [-0.3, -0.25) is 9.59 Å². The lowest BCUT2D eigenvalue weighted by molar-refractivity contribution is -0.124. The average molecular weight is 345 g/mol. The summed E-state index contributed by atoms with van der Waals surface area (Å²) in [5.41, 5.74) is 6.63. The smallest absolute Gasteiger partial charge is 0.253 e. The number of ether oxygens (including phenoxy) is 1. The zero-order valence-electron chi connectivity index (χ0n) is 14.6. The summed E-state index contributed by atoms with van der Waals surface area (Å²) in [5, 5.41) is 2.86. The van der Waals surface area contributed by atoms with Gasteiger partial charge in [0.25, 0.3) is 5.91 Å². The molecule has 2 aliphatic heterocycles. The first-order chi connectivity index (χ1) is 12.1. The molecular formula is C19H27N3O3. The number of amides is 2. The summed E-state index contributed by atoms with van der Waals surface area (Å²) in [6.07, 6.45) is 5.57. The van der Waals surface area contributed by atoms with E-state index < -0.39 is 5.54 Å². The van der Waals surface area contributed by atoms with E-state index in [0.29, 0.717) is 37.3 Å². The van der Waals surface area contributed by atoms with Crippen LogP contribution in [0.15, 0.2) is 24.3 Å². The van der Waals surface area contributed by atoms with Crippen LogP contribution in [0, 0.1) is 0 Å². The molecule has 2 amide bonds. The molecule has 1 aromatic rings. The number of nitrogens with zero attached hydrogens (tertiary/aromatic N) is 1. The predicted octanol–water partition coefficient (Wildman–Crippen LogP) is 2.15. The molecule has 0 aromatic heterocycles. The van der Waals surface area contributed by atoms with Crippen LogP contribution in [0.5, 0.6) is 0 Å². The fraction of sp³-hybridized carbons (Fsp3) is 0.579. The number of anilines is 1. The number of hydrogen-bond acceptors (Lipinski definition) is 4. The van der Waals surface area contributed by atoms with Gasteiger partial charge in [-0.15, -0.1) is 0 Å². The number of likely N-dealkylation sites (tertiary alicyclic amines) is 1.